The average Bonchev–Trinajstić information content (AvgIpc) is 2.92. The van der Waals surface area contributed by atoms with Crippen molar-refractivity contribution in [3.8, 4) is 5.75 Å². The Hall–Kier alpha value is -1.93. The van der Waals surface area contributed by atoms with Crippen LogP contribution in [-0.4, -0.2) is 26.4 Å². The van der Waals surface area contributed by atoms with E-state index in [1.807, 2.05) is 0 Å². The van der Waals surface area contributed by atoms with Gasteiger partial charge in [0.25, 0.3) is 0 Å². The molecule has 9 heteroatoms. The molecule has 0 saturated carbocycles. The summed E-state index contributed by atoms with van der Waals surface area (Å²) >= 11 is 7.12. The molecular weight excluding hydrogens is 305 g/mol. The minimum Gasteiger partial charge on any atom is -0.492 e. The number of anilines is 1. The summed E-state index contributed by atoms with van der Waals surface area (Å²) in [5, 5.41) is 12.7. The summed E-state index contributed by atoms with van der Waals surface area (Å²) in [6.07, 6.45) is 0.484. The molecule has 0 atom stereocenters. The molecule has 0 amide bonds. The lowest BCUT2D eigenvalue weighted by molar-refractivity contribution is 0.317. The summed E-state index contributed by atoms with van der Waals surface area (Å²) in [5.41, 5.74) is 5.59. The van der Waals surface area contributed by atoms with Crippen molar-refractivity contribution in [3.63, 3.8) is 0 Å². The Morgan fingerprint density at radius 2 is 2.25 bits per heavy atom. The van der Waals surface area contributed by atoms with Gasteiger partial charge in [-0.2, -0.15) is 4.52 Å². The molecule has 6 nitrogen and oxygen atoms in total. The Labute approximate surface area is 121 Å². The van der Waals surface area contributed by atoms with Crippen molar-refractivity contribution >= 4 is 33.0 Å². The number of fused-ring (bicyclic) bond motifs is 1. The summed E-state index contributed by atoms with van der Waals surface area (Å²) in [6, 6.07) is 3.98. The first-order valence-electron chi connectivity index (χ1n) is 5.68. The van der Waals surface area contributed by atoms with E-state index < -0.39 is 5.82 Å². The van der Waals surface area contributed by atoms with Crippen LogP contribution in [0.2, 0.25) is 5.02 Å². The standard InChI is InChI=1S/C11H9ClFN5OS/c12-7-5-6(13)1-2-8(7)19-4-3-9-15-16-11-18(9)17-10(14)20-11/h1-2,5H,3-4H2,(H2,14,17). The molecule has 3 rings (SSSR count). The summed E-state index contributed by atoms with van der Waals surface area (Å²) in [7, 11) is 0. The molecule has 0 aliphatic heterocycles. The van der Waals surface area contributed by atoms with Crippen LogP contribution >= 0.6 is 22.9 Å². The van der Waals surface area contributed by atoms with Gasteiger partial charge in [0.1, 0.15) is 11.6 Å². The average molecular weight is 314 g/mol. The number of halogens is 2. The van der Waals surface area contributed by atoms with Crippen molar-refractivity contribution in [3.05, 3.63) is 34.9 Å². The van der Waals surface area contributed by atoms with Crippen molar-refractivity contribution in [2.45, 2.75) is 6.42 Å². The molecule has 0 fully saturated rings. The van der Waals surface area contributed by atoms with Crippen LogP contribution in [0.5, 0.6) is 5.75 Å². The summed E-state index contributed by atoms with van der Waals surface area (Å²) in [6.45, 7) is 0.323. The number of nitrogens with zero attached hydrogens (tertiary/aromatic N) is 4. The lowest BCUT2D eigenvalue weighted by Gasteiger charge is -2.06. The minimum absolute atomic E-state index is 0.231. The highest BCUT2D eigenvalue weighted by molar-refractivity contribution is 7.20. The van der Waals surface area contributed by atoms with Gasteiger partial charge in [0, 0.05) is 6.42 Å². The fraction of sp³-hybridized carbons (Fsp3) is 0.182. The van der Waals surface area contributed by atoms with E-state index in [0.717, 1.165) is 0 Å². The van der Waals surface area contributed by atoms with Gasteiger partial charge in [0.2, 0.25) is 10.1 Å². The van der Waals surface area contributed by atoms with Crippen LogP contribution in [0.4, 0.5) is 9.52 Å². The molecule has 2 N–H and O–H groups in total. The van der Waals surface area contributed by atoms with E-state index in [-0.39, 0.29) is 5.02 Å². The van der Waals surface area contributed by atoms with Crippen LogP contribution < -0.4 is 10.5 Å². The molecule has 0 aliphatic rings. The van der Waals surface area contributed by atoms with Gasteiger partial charge in [-0.15, -0.1) is 15.3 Å². The summed E-state index contributed by atoms with van der Waals surface area (Å²) in [5.74, 6) is 0.664. The molecule has 0 bridgehead atoms. The van der Waals surface area contributed by atoms with E-state index in [1.54, 1.807) is 4.52 Å². The van der Waals surface area contributed by atoms with Crippen molar-refractivity contribution in [2.75, 3.05) is 12.3 Å². The zero-order chi connectivity index (χ0) is 14.1. The van der Waals surface area contributed by atoms with Crippen LogP contribution in [0.15, 0.2) is 18.2 Å². The zero-order valence-corrected chi connectivity index (χ0v) is 11.7. The van der Waals surface area contributed by atoms with E-state index in [2.05, 4.69) is 15.3 Å². The number of hydrogen-bond acceptors (Lipinski definition) is 6. The van der Waals surface area contributed by atoms with Crippen molar-refractivity contribution in [2.24, 2.45) is 0 Å². The monoisotopic (exact) mass is 313 g/mol. The van der Waals surface area contributed by atoms with E-state index >= 15 is 0 Å². The van der Waals surface area contributed by atoms with Gasteiger partial charge >= 0.3 is 0 Å². The second-order valence-electron chi connectivity index (χ2n) is 3.92. The lowest BCUT2D eigenvalue weighted by Crippen LogP contribution is -2.06. The topological polar surface area (TPSA) is 78.3 Å². The van der Waals surface area contributed by atoms with Crippen LogP contribution in [0.1, 0.15) is 5.82 Å². The number of rotatable bonds is 4. The first kappa shape index (κ1) is 13.1. The number of nitrogens with two attached hydrogens (primary N) is 1. The van der Waals surface area contributed by atoms with Gasteiger partial charge in [-0.3, -0.25) is 0 Å². The Balaban J connectivity index is 1.67. The maximum absolute atomic E-state index is 12.9. The third-order valence-corrected chi connectivity index (χ3v) is 3.57. The van der Waals surface area contributed by atoms with E-state index in [0.29, 0.717) is 34.7 Å². The van der Waals surface area contributed by atoms with Gasteiger partial charge in [-0.1, -0.05) is 22.9 Å². The van der Waals surface area contributed by atoms with Gasteiger partial charge in [0.15, 0.2) is 5.82 Å². The second kappa shape index (κ2) is 5.22. The van der Waals surface area contributed by atoms with E-state index in [9.17, 15) is 4.39 Å². The molecule has 2 heterocycles. The maximum Gasteiger partial charge on any atom is 0.236 e. The Kier molecular flexibility index (Phi) is 3.41. The number of benzene rings is 1. The van der Waals surface area contributed by atoms with E-state index in [1.165, 1.54) is 29.5 Å². The minimum atomic E-state index is -0.403. The molecule has 0 unspecified atom stereocenters. The highest BCUT2D eigenvalue weighted by Gasteiger charge is 2.10. The molecule has 104 valence electrons. The zero-order valence-electron chi connectivity index (χ0n) is 10.1. The highest BCUT2D eigenvalue weighted by atomic mass is 35.5. The van der Waals surface area contributed by atoms with Crippen LogP contribution in [0, 0.1) is 5.82 Å². The molecule has 2 aromatic heterocycles. The van der Waals surface area contributed by atoms with Crippen LogP contribution in [0.25, 0.3) is 4.96 Å². The van der Waals surface area contributed by atoms with Crippen LogP contribution in [0.3, 0.4) is 0 Å². The van der Waals surface area contributed by atoms with Gasteiger partial charge in [-0.25, -0.2) is 4.39 Å². The van der Waals surface area contributed by atoms with Crippen molar-refractivity contribution in [1.29, 1.82) is 0 Å². The number of nitrogen functional groups attached to an aromatic ring is 1. The summed E-state index contributed by atoms with van der Waals surface area (Å²) in [4.78, 5) is 0.636. The molecule has 20 heavy (non-hydrogen) atoms. The van der Waals surface area contributed by atoms with Gasteiger partial charge in [0.05, 0.1) is 11.6 Å². The van der Waals surface area contributed by atoms with E-state index in [4.69, 9.17) is 22.1 Å². The van der Waals surface area contributed by atoms with Crippen LogP contribution in [-0.2, 0) is 6.42 Å². The lowest BCUT2D eigenvalue weighted by atomic mass is 10.3. The molecule has 0 saturated heterocycles. The third-order valence-electron chi connectivity index (χ3n) is 2.55. The third kappa shape index (κ3) is 2.52. The fourth-order valence-electron chi connectivity index (χ4n) is 1.67. The smallest absolute Gasteiger partial charge is 0.236 e. The van der Waals surface area contributed by atoms with Crippen molar-refractivity contribution < 1.29 is 9.13 Å². The predicted octanol–water partition coefficient (Wildman–Crippen LogP) is 2.18. The normalized spacial score (nSPS) is 11.1. The second-order valence-corrected chi connectivity index (χ2v) is 5.32. The molecular formula is C11H9ClFN5OS. The van der Waals surface area contributed by atoms with Crippen molar-refractivity contribution in [1.82, 2.24) is 19.8 Å². The quantitative estimate of drug-likeness (QED) is 0.798. The first-order valence-corrected chi connectivity index (χ1v) is 6.87. The predicted molar refractivity (Wildman–Crippen MR) is 73.7 cm³/mol. The number of hydrogen-bond donors (Lipinski definition) is 1. The first-order chi connectivity index (χ1) is 9.63. The van der Waals surface area contributed by atoms with Gasteiger partial charge < -0.3 is 10.5 Å². The molecule has 1 aromatic carbocycles. The highest BCUT2D eigenvalue weighted by Crippen LogP contribution is 2.25. The van der Waals surface area contributed by atoms with Gasteiger partial charge in [-0.05, 0) is 18.2 Å². The number of aromatic nitrogens is 4. The molecule has 3 aromatic rings. The summed E-state index contributed by atoms with van der Waals surface area (Å²) < 4.78 is 20.0. The maximum atomic E-state index is 12.9. The molecule has 0 aliphatic carbocycles. The Morgan fingerprint density at radius 1 is 1.40 bits per heavy atom. The molecule has 0 radical (unpaired) electrons. The SMILES string of the molecule is Nc1nn2c(CCOc3ccc(F)cc3Cl)nnc2s1. The molecule has 0 spiro atoms. The number of ether oxygens (including phenoxy) is 1. The Bertz CT molecular complexity index is 758. The fourth-order valence-corrected chi connectivity index (χ4v) is 2.52. The Morgan fingerprint density at radius 3 is 3.05 bits per heavy atom. The largest absolute Gasteiger partial charge is 0.492 e.